The van der Waals surface area contributed by atoms with Crippen molar-refractivity contribution < 1.29 is 19.1 Å². The molecular weight excluding hydrogens is 510 g/mol. The van der Waals surface area contributed by atoms with Crippen molar-refractivity contribution in [2.45, 2.75) is 96.8 Å². The number of rotatable bonds is 19. The number of para-hydroxylation sites is 1. The minimum absolute atomic E-state index is 0.237. The highest BCUT2D eigenvalue weighted by atomic mass is 16.5. The van der Waals surface area contributed by atoms with Gasteiger partial charge in [-0.25, -0.2) is 4.79 Å². The van der Waals surface area contributed by atoms with E-state index in [0.717, 1.165) is 24.1 Å². The molecule has 5 heteroatoms. The third-order valence-electron chi connectivity index (χ3n) is 7.02. The Morgan fingerprint density at radius 2 is 1.12 bits per heavy atom. The van der Waals surface area contributed by atoms with Crippen LogP contribution >= 0.6 is 0 Å². The Morgan fingerprint density at radius 3 is 1.71 bits per heavy atom. The van der Waals surface area contributed by atoms with Gasteiger partial charge >= 0.3 is 11.9 Å². The number of unbranched alkanes of at least 4 members (excludes halogenated alkanes) is 12. The summed E-state index contributed by atoms with van der Waals surface area (Å²) in [7, 11) is 0. The topological polar surface area (TPSA) is 65.0 Å². The van der Waals surface area contributed by atoms with Gasteiger partial charge in [0, 0.05) is 12.6 Å². The van der Waals surface area contributed by atoms with E-state index in [0.29, 0.717) is 23.5 Å². The first kappa shape index (κ1) is 31.8. The fourth-order valence-electron chi connectivity index (χ4n) is 4.58. The maximum absolute atomic E-state index is 12.5. The summed E-state index contributed by atoms with van der Waals surface area (Å²) in [6.07, 6.45) is 18.7. The van der Waals surface area contributed by atoms with Gasteiger partial charge in [-0.3, -0.25) is 9.79 Å². The number of benzene rings is 3. The van der Waals surface area contributed by atoms with Gasteiger partial charge in [0.05, 0.1) is 11.3 Å². The van der Waals surface area contributed by atoms with E-state index in [1.807, 2.05) is 42.5 Å². The Morgan fingerprint density at radius 1 is 0.610 bits per heavy atom. The van der Waals surface area contributed by atoms with Crippen molar-refractivity contribution in [2.24, 2.45) is 4.99 Å². The molecule has 0 bridgehead atoms. The molecule has 3 rings (SSSR count). The van der Waals surface area contributed by atoms with E-state index in [2.05, 4.69) is 11.9 Å². The second kappa shape index (κ2) is 19.4. The Balaban J connectivity index is 1.27. The summed E-state index contributed by atoms with van der Waals surface area (Å²) in [6, 6.07) is 23.3. The van der Waals surface area contributed by atoms with Crippen molar-refractivity contribution in [1.82, 2.24) is 0 Å². The molecule has 0 amide bonds. The number of aliphatic imine (C=N–C) groups is 1. The molecule has 0 aromatic heterocycles. The van der Waals surface area contributed by atoms with Crippen molar-refractivity contribution in [3.63, 3.8) is 0 Å². The first-order valence-corrected chi connectivity index (χ1v) is 15.4. The molecule has 3 aromatic rings. The molecule has 0 radical (unpaired) electrons. The summed E-state index contributed by atoms with van der Waals surface area (Å²) in [5, 5.41) is 0. The van der Waals surface area contributed by atoms with E-state index < -0.39 is 5.97 Å². The Kier molecular flexibility index (Phi) is 15.0. The van der Waals surface area contributed by atoms with Gasteiger partial charge < -0.3 is 9.47 Å². The van der Waals surface area contributed by atoms with E-state index in [1.54, 1.807) is 42.6 Å². The predicted octanol–water partition coefficient (Wildman–Crippen LogP) is 10.0. The summed E-state index contributed by atoms with van der Waals surface area (Å²) in [5.74, 6) is 0.170. The predicted molar refractivity (Wildman–Crippen MR) is 167 cm³/mol. The van der Waals surface area contributed by atoms with Gasteiger partial charge in [0.2, 0.25) is 0 Å². The van der Waals surface area contributed by atoms with Crippen LogP contribution in [0.2, 0.25) is 0 Å². The lowest BCUT2D eigenvalue weighted by atomic mass is 10.0. The highest BCUT2D eigenvalue weighted by Gasteiger charge is 2.10. The molecule has 0 fully saturated rings. The van der Waals surface area contributed by atoms with Crippen LogP contribution in [-0.2, 0) is 4.79 Å². The minimum atomic E-state index is -0.472. The molecule has 0 aliphatic heterocycles. The summed E-state index contributed by atoms with van der Waals surface area (Å²) in [6.45, 7) is 2.26. The van der Waals surface area contributed by atoms with Crippen LogP contribution in [0, 0.1) is 0 Å². The van der Waals surface area contributed by atoms with Crippen LogP contribution in [0.3, 0.4) is 0 Å². The Bertz CT molecular complexity index is 1170. The Labute approximate surface area is 246 Å². The second-order valence-corrected chi connectivity index (χ2v) is 10.5. The van der Waals surface area contributed by atoms with Crippen molar-refractivity contribution in [1.29, 1.82) is 0 Å². The van der Waals surface area contributed by atoms with Crippen molar-refractivity contribution in [3.05, 3.63) is 90.0 Å². The van der Waals surface area contributed by atoms with E-state index in [4.69, 9.17) is 9.47 Å². The molecule has 0 N–H and O–H groups in total. The lowest BCUT2D eigenvalue weighted by Gasteiger charge is -2.07. The quantitative estimate of drug-likeness (QED) is 0.0639. The van der Waals surface area contributed by atoms with Crippen LogP contribution in [0.1, 0.15) is 113 Å². The standard InChI is InChI=1S/C36H45NO4/c1-2-3-4-5-6-7-8-9-10-11-12-13-17-20-35(38)40-33-27-23-31(24-28-33)36(39)41-34-25-21-30(22-26-34)29-37-32-18-15-14-16-19-32/h14-16,18-19,21-29H,2-13,17,20H2,1H3. The van der Waals surface area contributed by atoms with Crippen LogP contribution in [0.25, 0.3) is 0 Å². The summed E-state index contributed by atoms with van der Waals surface area (Å²) in [4.78, 5) is 29.2. The van der Waals surface area contributed by atoms with Crippen LogP contribution in [0.15, 0.2) is 83.9 Å². The zero-order valence-corrected chi connectivity index (χ0v) is 24.6. The average molecular weight is 556 g/mol. The summed E-state index contributed by atoms with van der Waals surface area (Å²) in [5.41, 5.74) is 2.16. The molecule has 0 spiro atoms. The molecule has 3 aromatic carbocycles. The van der Waals surface area contributed by atoms with Gasteiger partial charge in [-0.15, -0.1) is 0 Å². The largest absolute Gasteiger partial charge is 0.427 e. The van der Waals surface area contributed by atoms with Crippen LogP contribution in [0.5, 0.6) is 11.5 Å². The van der Waals surface area contributed by atoms with Gasteiger partial charge in [-0.05, 0) is 72.6 Å². The van der Waals surface area contributed by atoms with Gasteiger partial charge in [0.1, 0.15) is 11.5 Å². The average Bonchev–Trinajstić information content (AvgIpc) is 3.00. The summed E-state index contributed by atoms with van der Waals surface area (Å²) < 4.78 is 10.9. The van der Waals surface area contributed by atoms with Gasteiger partial charge in [0.15, 0.2) is 0 Å². The number of nitrogens with zero attached hydrogens (tertiary/aromatic N) is 1. The smallest absolute Gasteiger partial charge is 0.343 e. The van der Waals surface area contributed by atoms with Crippen molar-refractivity contribution in [3.8, 4) is 11.5 Å². The number of hydrogen-bond acceptors (Lipinski definition) is 5. The van der Waals surface area contributed by atoms with Gasteiger partial charge in [0.25, 0.3) is 0 Å². The van der Waals surface area contributed by atoms with Gasteiger partial charge in [-0.1, -0.05) is 102 Å². The normalized spacial score (nSPS) is 11.0. The highest BCUT2D eigenvalue weighted by Crippen LogP contribution is 2.18. The van der Waals surface area contributed by atoms with E-state index in [9.17, 15) is 9.59 Å². The van der Waals surface area contributed by atoms with Crippen LogP contribution < -0.4 is 9.47 Å². The lowest BCUT2D eigenvalue weighted by Crippen LogP contribution is -2.10. The molecule has 0 unspecified atom stereocenters. The maximum Gasteiger partial charge on any atom is 0.343 e. The molecule has 0 aliphatic carbocycles. The molecule has 0 saturated carbocycles. The molecule has 41 heavy (non-hydrogen) atoms. The molecule has 0 heterocycles. The third-order valence-corrected chi connectivity index (χ3v) is 7.02. The first-order chi connectivity index (χ1) is 20.1. The molecule has 5 nitrogen and oxygen atoms in total. The number of carbonyl (C=O) groups is 2. The number of carbonyl (C=O) groups excluding carboxylic acids is 2. The summed E-state index contributed by atoms with van der Waals surface area (Å²) >= 11 is 0. The lowest BCUT2D eigenvalue weighted by molar-refractivity contribution is -0.134. The fraction of sp³-hybridized carbons (Fsp3) is 0.417. The zero-order valence-electron chi connectivity index (χ0n) is 24.6. The van der Waals surface area contributed by atoms with Crippen molar-refractivity contribution in [2.75, 3.05) is 0 Å². The third kappa shape index (κ3) is 13.5. The molecule has 0 atom stereocenters. The second-order valence-electron chi connectivity index (χ2n) is 10.5. The fourth-order valence-corrected chi connectivity index (χ4v) is 4.58. The van der Waals surface area contributed by atoms with E-state index >= 15 is 0 Å². The maximum atomic E-state index is 12.5. The van der Waals surface area contributed by atoms with Crippen molar-refractivity contribution >= 4 is 23.8 Å². The van der Waals surface area contributed by atoms with Crippen LogP contribution in [-0.4, -0.2) is 18.2 Å². The SMILES string of the molecule is CCCCCCCCCCCCCCCC(=O)Oc1ccc(C(=O)Oc2ccc(C=Nc3ccccc3)cc2)cc1. The molecule has 218 valence electrons. The molecular formula is C36H45NO4. The van der Waals surface area contributed by atoms with Crippen LogP contribution in [0.4, 0.5) is 5.69 Å². The molecule has 0 saturated heterocycles. The van der Waals surface area contributed by atoms with E-state index in [1.165, 1.54) is 70.6 Å². The number of hydrogen-bond donors (Lipinski definition) is 0. The first-order valence-electron chi connectivity index (χ1n) is 15.4. The minimum Gasteiger partial charge on any atom is -0.427 e. The number of ether oxygens (including phenoxy) is 2. The molecule has 0 aliphatic rings. The highest BCUT2D eigenvalue weighted by molar-refractivity contribution is 5.91. The Hall–Kier alpha value is -3.73. The van der Waals surface area contributed by atoms with E-state index in [-0.39, 0.29) is 5.97 Å². The van der Waals surface area contributed by atoms with Gasteiger partial charge in [-0.2, -0.15) is 0 Å². The zero-order chi connectivity index (χ0) is 29.0. The monoisotopic (exact) mass is 555 g/mol. The number of esters is 2.